The summed E-state index contributed by atoms with van der Waals surface area (Å²) in [6.45, 7) is 6.48. The van der Waals surface area contributed by atoms with E-state index in [0.29, 0.717) is 25.6 Å². The highest BCUT2D eigenvalue weighted by molar-refractivity contribution is 9.10. The molecule has 0 amide bonds. The molecule has 0 aromatic heterocycles. The van der Waals surface area contributed by atoms with Crippen LogP contribution in [0.3, 0.4) is 0 Å². The van der Waals surface area contributed by atoms with Crippen LogP contribution in [0.1, 0.15) is 19.4 Å². The maximum Gasteiger partial charge on any atom is 0.167 e. The van der Waals surface area contributed by atoms with E-state index in [0.717, 1.165) is 22.3 Å². The summed E-state index contributed by atoms with van der Waals surface area (Å²) in [5.74, 6) is 0.878. The molecule has 0 bridgehead atoms. The molecule has 4 nitrogen and oxygen atoms in total. The predicted molar refractivity (Wildman–Crippen MR) is 85.9 cm³/mol. The van der Waals surface area contributed by atoms with Crippen molar-refractivity contribution in [3.8, 4) is 5.75 Å². The van der Waals surface area contributed by atoms with Crippen LogP contribution in [0.4, 0.5) is 0 Å². The zero-order valence-corrected chi connectivity index (χ0v) is 14.4. The van der Waals surface area contributed by atoms with Gasteiger partial charge in [0.25, 0.3) is 0 Å². The second kappa shape index (κ2) is 7.38. The number of benzene rings is 1. The number of halogens is 1. The quantitative estimate of drug-likeness (QED) is 0.813. The second-order valence-corrected chi connectivity index (χ2v) is 6.40. The molecule has 0 aliphatic carbocycles. The van der Waals surface area contributed by atoms with Crippen molar-refractivity contribution in [3.05, 3.63) is 28.2 Å². The topological polar surface area (TPSA) is 38.8 Å². The number of hydrogen-bond acceptors (Lipinski definition) is 4. The van der Waals surface area contributed by atoms with Crippen LogP contribution in [0.5, 0.6) is 5.75 Å². The van der Waals surface area contributed by atoms with Crippen LogP contribution < -0.4 is 4.74 Å². The first-order valence-corrected chi connectivity index (χ1v) is 8.01. The number of methoxy groups -OCH3 is 1. The number of carbonyl (C=O) groups excluding carboxylic acids is 1. The minimum absolute atomic E-state index is 0.120. The SMILES string of the molecule is COc1ccc(Br)c(CC(=O)C2CN(C(C)C)CCO2)c1. The Bertz CT molecular complexity index is 504. The average Bonchev–Trinajstić information content (AvgIpc) is 2.49. The fourth-order valence-electron chi connectivity index (χ4n) is 2.45. The number of morpholine rings is 1. The number of ketones is 1. The fraction of sp³-hybridized carbons (Fsp3) is 0.562. The summed E-state index contributed by atoms with van der Waals surface area (Å²) in [5, 5.41) is 0. The average molecular weight is 356 g/mol. The molecular weight excluding hydrogens is 334 g/mol. The normalized spacial score (nSPS) is 19.8. The Morgan fingerprint density at radius 3 is 2.95 bits per heavy atom. The van der Waals surface area contributed by atoms with E-state index in [-0.39, 0.29) is 11.9 Å². The lowest BCUT2D eigenvalue weighted by Gasteiger charge is -2.34. The highest BCUT2D eigenvalue weighted by atomic mass is 79.9. The Kier molecular flexibility index (Phi) is 5.79. The molecule has 1 atom stereocenters. The van der Waals surface area contributed by atoms with Crippen molar-refractivity contribution in [1.29, 1.82) is 0 Å². The van der Waals surface area contributed by atoms with Crippen molar-refractivity contribution in [1.82, 2.24) is 4.90 Å². The third kappa shape index (κ3) is 4.28. The van der Waals surface area contributed by atoms with Gasteiger partial charge in [0.15, 0.2) is 5.78 Å². The van der Waals surface area contributed by atoms with E-state index in [2.05, 4.69) is 34.7 Å². The van der Waals surface area contributed by atoms with Gasteiger partial charge < -0.3 is 9.47 Å². The van der Waals surface area contributed by atoms with Gasteiger partial charge in [-0.2, -0.15) is 0 Å². The number of Topliss-reactive ketones (excluding diaryl/α,β-unsaturated/α-hetero) is 1. The molecule has 116 valence electrons. The third-order valence-electron chi connectivity index (χ3n) is 3.80. The molecule has 1 aliphatic heterocycles. The number of ether oxygens (including phenoxy) is 2. The smallest absolute Gasteiger partial charge is 0.167 e. The zero-order chi connectivity index (χ0) is 15.4. The third-order valence-corrected chi connectivity index (χ3v) is 4.58. The van der Waals surface area contributed by atoms with Gasteiger partial charge >= 0.3 is 0 Å². The monoisotopic (exact) mass is 355 g/mol. The summed E-state index contributed by atoms with van der Waals surface area (Å²) in [5.41, 5.74) is 0.935. The summed E-state index contributed by atoms with van der Waals surface area (Å²) in [4.78, 5) is 14.8. The molecule has 1 saturated heterocycles. The maximum absolute atomic E-state index is 12.5. The molecule has 1 unspecified atom stereocenters. The maximum atomic E-state index is 12.5. The van der Waals surface area contributed by atoms with Crippen molar-refractivity contribution < 1.29 is 14.3 Å². The molecule has 21 heavy (non-hydrogen) atoms. The lowest BCUT2D eigenvalue weighted by Crippen LogP contribution is -2.49. The first kappa shape index (κ1) is 16.5. The highest BCUT2D eigenvalue weighted by Crippen LogP contribution is 2.24. The molecule has 5 heteroatoms. The van der Waals surface area contributed by atoms with E-state index in [9.17, 15) is 4.79 Å². The summed E-state index contributed by atoms with van der Waals surface area (Å²) < 4.78 is 11.8. The van der Waals surface area contributed by atoms with Gasteiger partial charge in [-0.3, -0.25) is 9.69 Å². The molecule has 1 aromatic carbocycles. The van der Waals surface area contributed by atoms with Gasteiger partial charge in [0.05, 0.1) is 13.7 Å². The van der Waals surface area contributed by atoms with E-state index < -0.39 is 0 Å². The number of rotatable bonds is 5. The lowest BCUT2D eigenvalue weighted by atomic mass is 10.0. The molecule has 1 aliphatic rings. The molecule has 0 N–H and O–H groups in total. The van der Waals surface area contributed by atoms with Gasteiger partial charge in [-0.25, -0.2) is 0 Å². The van der Waals surface area contributed by atoms with Gasteiger partial charge in [0.1, 0.15) is 11.9 Å². The van der Waals surface area contributed by atoms with Crippen molar-refractivity contribution >= 4 is 21.7 Å². The van der Waals surface area contributed by atoms with E-state index in [1.54, 1.807) is 7.11 Å². The molecule has 0 spiro atoms. The van der Waals surface area contributed by atoms with Crippen LogP contribution in [0.25, 0.3) is 0 Å². The molecule has 1 fully saturated rings. The summed E-state index contributed by atoms with van der Waals surface area (Å²) >= 11 is 3.49. The van der Waals surface area contributed by atoms with Gasteiger partial charge in [-0.05, 0) is 37.6 Å². The predicted octanol–water partition coefficient (Wildman–Crippen LogP) is 2.68. The molecule has 0 saturated carbocycles. The summed E-state index contributed by atoms with van der Waals surface area (Å²) in [6.07, 6.45) is 0.0215. The Morgan fingerprint density at radius 1 is 1.52 bits per heavy atom. The van der Waals surface area contributed by atoms with Gasteiger partial charge in [0, 0.05) is 30.0 Å². The van der Waals surface area contributed by atoms with Crippen molar-refractivity contribution in [2.45, 2.75) is 32.4 Å². The minimum atomic E-state index is -0.334. The molecule has 2 rings (SSSR count). The summed E-state index contributed by atoms with van der Waals surface area (Å²) in [7, 11) is 1.62. The molecular formula is C16H22BrNO3. The van der Waals surface area contributed by atoms with Gasteiger partial charge in [-0.1, -0.05) is 15.9 Å². The van der Waals surface area contributed by atoms with Crippen LogP contribution in [-0.4, -0.2) is 49.6 Å². The van der Waals surface area contributed by atoms with E-state index in [1.807, 2.05) is 18.2 Å². The summed E-state index contributed by atoms with van der Waals surface area (Å²) in [6, 6.07) is 6.11. The van der Waals surface area contributed by atoms with Gasteiger partial charge in [-0.15, -0.1) is 0 Å². The lowest BCUT2D eigenvalue weighted by molar-refractivity contribution is -0.136. The number of hydrogen-bond donors (Lipinski definition) is 0. The Labute approximate surface area is 134 Å². The first-order chi connectivity index (χ1) is 10.0. The van der Waals surface area contributed by atoms with Crippen molar-refractivity contribution in [2.24, 2.45) is 0 Å². The van der Waals surface area contributed by atoms with E-state index in [1.165, 1.54) is 0 Å². The Morgan fingerprint density at radius 2 is 2.29 bits per heavy atom. The van der Waals surface area contributed by atoms with E-state index >= 15 is 0 Å². The van der Waals surface area contributed by atoms with Crippen molar-refractivity contribution in [2.75, 3.05) is 26.8 Å². The molecule has 0 radical (unpaired) electrons. The van der Waals surface area contributed by atoms with Crippen LogP contribution in [-0.2, 0) is 16.0 Å². The van der Waals surface area contributed by atoms with Crippen molar-refractivity contribution in [3.63, 3.8) is 0 Å². The largest absolute Gasteiger partial charge is 0.497 e. The highest BCUT2D eigenvalue weighted by Gasteiger charge is 2.28. The standard InChI is InChI=1S/C16H22BrNO3/c1-11(2)18-6-7-21-16(10-18)15(19)9-12-8-13(20-3)4-5-14(12)17/h4-5,8,11,16H,6-7,9-10H2,1-3H3. The second-order valence-electron chi connectivity index (χ2n) is 5.55. The molecule has 1 heterocycles. The molecule has 1 aromatic rings. The van der Waals surface area contributed by atoms with Crippen LogP contribution in [0.2, 0.25) is 0 Å². The van der Waals surface area contributed by atoms with Gasteiger partial charge in [0.2, 0.25) is 0 Å². The zero-order valence-electron chi connectivity index (χ0n) is 12.8. The van der Waals surface area contributed by atoms with Crippen LogP contribution in [0.15, 0.2) is 22.7 Å². The Balaban J connectivity index is 2.04. The van der Waals surface area contributed by atoms with Crippen LogP contribution >= 0.6 is 15.9 Å². The minimum Gasteiger partial charge on any atom is -0.497 e. The van der Waals surface area contributed by atoms with Crippen LogP contribution in [0, 0.1) is 0 Å². The van der Waals surface area contributed by atoms with E-state index in [4.69, 9.17) is 9.47 Å². The number of carbonyl (C=O) groups is 1. The Hall–Kier alpha value is -0.910. The first-order valence-electron chi connectivity index (χ1n) is 7.22. The number of nitrogens with zero attached hydrogens (tertiary/aromatic N) is 1. The fourth-order valence-corrected chi connectivity index (χ4v) is 2.83.